The summed E-state index contributed by atoms with van der Waals surface area (Å²) >= 11 is 6.52. The van der Waals surface area contributed by atoms with Crippen LogP contribution >= 0.6 is 31.9 Å². The molecule has 1 fully saturated rings. The van der Waals surface area contributed by atoms with E-state index in [9.17, 15) is 14.7 Å². The molecule has 6 nitrogen and oxygen atoms in total. The highest BCUT2D eigenvalue weighted by molar-refractivity contribution is 9.11. The number of carbonyl (C=O) groups excluding carboxylic acids is 1. The van der Waals surface area contributed by atoms with Gasteiger partial charge in [-0.15, -0.1) is 0 Å². The van der Waals surface area contributed by atoms with Crippen LogP contribution in [-0.4, -0.2) is 41.6 Å². The zero-order valence-corrected chi connectivity index (χ0v) is 14.3. The van der Waals surface area contributed by atoms with Gasteiger partial charge < -0.3 is 21.1 Å². The van der Waals surface area contributed by atoms with Crippen LogP contribution in [0.4, 0.5) is 10.5 Å². The average molecular weight is 421 g/mol. The van der Waals surface area contributed by atoms with Crippen LogP contribution in [0.3, 0.4) is 0 Å². The molecule has 2 amide bonds. The molecule has 0 saturated carbocycles. The number of amides is 2. The smallest absolute Gasteiger partial charge is 0.337 e. The summed E-state index contributed by atoms with van der Waals surface area (Å²) in [5.41, 5.74) is 5.89. The lowest BCUT2D eigenvalue weighted by atomic mass is 10.1. The second-order valence-corrected chi connectivity index (χ2v) is 6.65. The van der Waals surface area contributed by atoms with E-state index < -0.39 is 5.97 Å². The molecule has 0 bridgehead atoms. The zero-order chi connectivity index (χ0) is 15.6. The number of anilines is 1. The van der Waals surface area contributed by atoms with Crippen molar-refractivity contribution in [2.75, 3.05) is 25.0 Å². The summed E-state index contributed by atoms with van der Waals surface area (Å²) in [6.45, 7) is 1.77. The van der Waals surface area contributed by atoms with Crippen LogP contribution < -0.4 is 11.1 Å². The van der Waals surface area contributed by atoms with Crippen molar-refractivity contribution in [3.8, 4) is 0 Å². The summed E-state index contributed by atoms with van der Waals surface area (Å²) in [7, 11) is 0. The molecule has 0 aliphatic carbocycles. The lowest BCUT2D eigenvalue weighted by molar-refractivity contribution is 0.0698. The normalized spacial score (nSPS) is 17.9. The van der Waals surface area contributed by atoms with Gasteiger partial charge in [0.2, 0.25) is 0 Å². The summed E-state index contributed by atoms with van der Waals surface area (Å²) in [4.78, 5) is 25.2. The van der Waals surface area contributed by atoms with Gasteiger partial charge in [0.15, 0.2) is 0 Å². The molecule has 8 heteroatoms. The standard InChI is InChI=1S/C13H15Br2N3O3/c14-8-3-9(12(19)20)11(10(15)4-8)17-13(21)18-2-1-7(5-16)6-18/h3-4,7H,1-2,5-6,16H2,(H,17,21)(H,19,20). The lowest BCUT2D eigenvalue weighted by Crippen LogP contribution is -2.34. The highest BCUT2D eigenvalue weighted by Gasteiger charge is 2.26. The third-order valence-corrected chi connectivity index (χ3v) is 4.51. The van der Waals surface area contributed by atoms with E-state index in [1.165, 1.54) is 6.07 Å². The number of carboxylic acid groups (broad SMARTS) is 1. The zero-order valence-electron chi connectivity index (χ0n) is 11.1. The average Bonchev–Trinajstić information content (AvgIpc) is 2.90. The highest BCUT2D eigenvalue weighted by atomic mass is 79.9. The summed E-state index contributed by atoms with van der Waals surface area (Å²) in [5, 5.41) is 11.9. The maximum Gasteiger partial charge on any atom is 0.337 e. The molecule has 1 aromatic rings. The number of nitrogens with zero attached hydrogens (tertiary/aromatic N) is 1. The number of aromatic carboxylic acids is 1. The number of hydrogen-bond acceptors (Lipinski definition) is 3. The number of halogens is 2. The summed E-state index contributed by atoms with van der Waals surface area (Å²) in [5.74, 6) is -0.795. The molecule has 1 aromatic carbocycles. The predicted molar refractivity (Wildman–Crippen MR) is 86.6 cm³/mol. The maximum atomic E-state index is 12.2. The number of nitrogens with one attached hydrogen (secondary N) is 1. The van der Waals surface area contributed by atoms with Gasteiger partial charge in [0, 0.05) is 22.0 Å². The first-order valence-corrected chi connectivity index (χ1v) is 7.99. The maximum absolute atomic E-state index is 12.2. The van der Waals surface area contributed by atoms with Gasteiger partial charge >= 0.3 is 12.0 Å². The topological polar surface area (TPSA) is 95.7 Å². The first-order chi connectivity index (χ1) is 9.92. The predicted octanol–water partition coefficient (Wildman–Crippen LogP) is 2.72. The molecule has 21 heavy (non-hydrogen) atoms. The highest BCUT2D eigenvalue weighted by Crippen LogP contribution is 2.31. The minimum absolute atomic E-state index is 0.0270. The number of carboxylic acids is 1. The third-order valence-electron chi connectivity index (χ3n) is 3.42. The van der Waals surface area contributed by atoms with Crippen LogP contribution in [0.2, 0.25) is 0 Å². The Morgan fingerprint density at radius 2 is 2.14 bits per heavy atom. The molecule has 1 aliphatic heterocycles. The third kappa shape index (κ3) is 3.75. The first-order valence-electron chi connectivity index (χ1n) is 6.40. The van der Waals surface area contributed by atoms with Gasteiger partial charge in [-0.1, -0.05) is 15.9 Å². The Bertz CT molecular complexity index is 580. The Balaban J connectivity index is 2.19. The van der Waals surface area contributed by atoms with Crippen molar-refractivity contribution in [2.24, 2.45) is 11.7 Å². The SMILES string of the molecule is NCC1CCN(C(=O)Nc2c(Br)cc(Br)cc2C(=O)O)C1. The van der Waals surface area contributed by atoms with Crippen molar-refractivity contribution in [3.05, 3.63) is 26.6 Å². The van der Waals surface area contributed by atoms with E-state index in [0.29, 0.717) is 34.5 Å². The fraction of sp³-hybridized carbons (Fsp3) is 0.385. The van der Waals surface area contributed by atoms with Crippen molar-refractivity contribution >= 4 is 49.5 Å². The second-order valence-electron chi connectivity index (χ2n) is 4.88. The Kier molecular flexibility index (Phi) is 5.23. The molecule has 1 aliphatic rings. The van der Waals surface area contributed by atoms with E-state index in [1.807, 2.05) is 0 Å². The number of rotatable bonds is 3. The van der Waals surface area contributed by atoms with Crippen LogP contribution in [0.1, 0.15) is 16.8 Å². The Labute approximate surface area is 138 Å². The molecule has 1 atom stereocenters. The van der Waals surface area contributed by atoms with Crippen LogP contribution in [-0.2, 0) is 0 Å². The fourth-order valence-corrected chi connectivity index (χ4v) is 3.59. The van der Waals surface area contributed by atoms with Crippen LogP contribution in [0, 0.1) is 5.92 Å². The molecule has 1 unspecified atom stereocenters. The van der Waals surface area contributed by atoms with E-state index in [1.54, 1.807) is 11.0 Å². The minimum Gasteiger partial charge on any atom is -0.478 e. The van der Waals surface area contributed by atoms with Crippen molar-refractivity contribution < 1.29 is 14.7 Å². The van der Waals surface area contributed by atoms with Gasteiger partial charge in [0.25, 0.3) is 0 Å². The van der Waals surface area contributed by atoms with E-state index >= 15 is 0 Å². The van der Waals surface area contributed by atoms with Gasteiger partial charge in [-0.05, 0) is 46.9 Å². The number of nitrogens with two attached hydrogens (primary N) is 1. The van der Waals surface area contributed by atoms with Gasteiger partial charge in [0.1, 0.15) is 0 Å². The minimum atomic E-state index is -1.10. The second kappa shape index (κ2) is 6.76. The van der Waals surface area contributed by atoms with Crippen molar-refractivity contribution in [1.29, 1.82) is 0 Å². The Morgan fingerprint density at radius 1 is 1.43 bits per heavy atom. The number of carbonyl (C=O) groups is 2. The molecule has 0 radical (unpaired) electrons. The molecule has 2 rings (SSSR count). The van der Waals surface area contributed by atoms with Gasteiger partial charge in [0.05, 0.1) is 11.3 Å². The number of likely N-dealkylation sites (tertiary alicyclic amines) is 1. The molecule has 0 spiro atoms. The molecule has 114 valence electrons. The van der Waals surface area contributed by atoms with Gasteiger partial charge in [-0.25, -0.2) is 9.59 Å². The molecule has 1 heterocycles. The Morgan fingerprint density at radius 3 is 2.71 bits per heavy atom. The first kappa shape index (κ1) is 16.3. The molecule has 4 N–H and O–H groups in total. The van der Waals surface area contributed by atoms with Crippen LogP contribution in [0.5, 0.6) is 0 Å². The fourth-order valence-electron chi connectivity index (χ4n) is 2.26. The van der Waals surface area contributed by atoms with E-state index in [4.69, 9.17) is 5.73 Å². The van der Waals surface area contributed by atoms with Gasteiger partial charge in [-0.3, -0.25) is 0 Å². The molecule has 1 saturated heterocycles. The number of benzene rings is 1. The Hall–Kier alpha value is -1.12. The molecule has 0 aromatic heterocycles. The largest absolute Gasteiger partial charge is 0.478 e. The molecular formula is C13H15Br2N3O3. The van der Waals surface area contributed by atoms with E-state index in [-0.39, 0.29) is 17.3 Å². The number of hydrogen-bond donors (Lipinski definition) is 3. The van der Waals surface area contributed by atoms with Crippen LogP contribution in [0.15, 0.2) is 21.1 Å². The summed E-state index contributed by atoms with van der Waals surface area (Å²) in [6, 6.07) is 2.83. The summed E-state index contributed by atoms with van der Waals surface area (Å²) in [6.07, 6.45) is 0.872. The lowest BCUT2D eigenvalue weighted by Gasteiger charge is -2.19. The van der Waals surface area contributed by atoms with Crippen molar-refractivity contribution in [3.63, 3.8) is 0 Å². The van der Waals surface area contributed by atoms with Crippen molar-refractivity contribution in [2.45, 2.75) is 6.42 Å². The molecular weight excluding hydrogens is 406 g/mol. The van der Waals surface area contributed by atoms with Gasteiger partial charge in [-0.2, -0.15) is 0 Å². The quantitative estimate of drug-likeness (QED) is 0.700. The van der Waals surface area contributed by atoms with E-state index in [2.05, 4.69) is 37.2 Å². The van der Waals surface area contributed by atoms with Crippen molar-refractivity contribution in [1.82, 2.24) is 4.90 Å². The van der Waals surface area contributed by atoms with Crippen LogP contribution in [0.25, 0.3) is 0 Å². The monoisotopic (exact) mass is 419 g/mol. The number of urea groups is 1. The van der Waals surface area contributed by atoms with E-state index in [0.717, 1.165) is 6.42 Å². The summed E-state index contributed by atoms with van der Waals surface area (Å²) < 4.78 is 1.13.